The Balaban J connectivity index is 0.000000321. The number of nitrogens with one attached hydrogen (secondary N) is 1. The van der Waals surface area contributed by atoms with E-state index in [1.54, 1.807) is 23.0 Å². The molecule has 0 amide bonds. The van der Waals surface area contributed by atoms with Crippen LogP contribution in [0.5, 0.6) is 0 Å². The van der Waals surface area contributed by atoms with E-state index >= 15 is 0 Å². The van der Waals surface area contributed by atoms with Crippen molar-refractivity contribution < 1.29 is 33.0 Å². The van der Waals surface area contributed by atoms with Gasteiger partial charge in [-0.15, -0.1) is 10.2 Å². The van der Waals surface area contributed by atoms with Gasteiger partial charge in [-0.25, -0.2) is 14.6 Å². The quantitative estimate of drug-likeness (QED) is 0.624. The number of fused-ring (bicyclic) bond motifs is 1. The Morgan fingerprint density at radius 1 is 1.22 bits per heavy atom. The fourth-order valence-electron chi connectivity index (χ4n) is 1.87. The number of alkyl halides is 3. The number of aliphatic carboxylic acids is 1. The summed E-state index contributed by atoms with van der Waals surface area (Å²) in [7, 11) is 0. The van der Waals surface area contributed by atoms with Crippen LogP contribution in [0.2, 0.25) is 0 Å². The summed E-state index contributed by atoms with van der Waals surface area (Å²) >= 11 is 0. The van der Waals surface area contributed by atoms with Crippen LogP contribution in [0.25, 0.3) is 5.65 Å². The van der Waals surface area contributed by atoms with E-state index in [0.29, 0.717) is 12.4 Å². The molecule has 12 heteroatoms. The number of hydrogen-bond donors (Lipinski definition) is 3. The summed E-state index contributed by atoms with van der Waals surface area (Å²) < 4.78 is 33.5. The lowest BCUT2D eigenvalue weighted by Gasteiger charge is -2.08. The van der Waals surface area contributed by atoms with Crippen LogP contribution in [0.15, 0.2) is 43.0 Å². The maximum Gasteiger partial charge on any atom is 0.490 e. The third-order valence-electron chi connectivity index (χ3n) is 3.11. The summed E-state index contributed by atoms with van der Waals surface area (Å²) in [4.78, 5) is 24.0. The second-order valence-electron chi connectivity index (χ2n) is 4.99. The zero-order valence-corrected chi connectivity index (χ0v) is 13.4. The largest absolute Gasteiger partial charge is 0.490 e. The molecule has 0 bridgehead atoms. The van der Waals surface area contributed by atoms with Crippen molar-refractivity contribution >= 4 is 23.4 Å². The smallest absolute Gasteiger partial charge is 0.478 e. The van der Waals surface area contributed by atoms with Crippen molar-refractivity contribution in [1.29, 1.82) is 0 Å². The number of nitrogens with zero attached hydrogens (tertiary/aromatic N) is 4. The Morgan fingerprint density at radius 3 is 2.56 bits per heavy atom. The molecule has 142 valence electrons. The zero-order valence-electron chi connectivity index (χ0n) is 13.4. The van der Waals surface area contributed by atoms with Crippen molar-refractivity contribution in [3.05, 3.63) is 54.1 Å². The van der Waals surface area contributed by atoms with Gasteiger partial charge in [-0.2, -0.15) is 13.2 Å². The molecule has 3 aromatic rings. The average molecular weight is 383 g/mol. The van der Waals surface area contributed by atoms with E-state index in [2.05, 4.69) is 20.5 Å². The second kappa shape index (κ2) is 8.12. The Morgan fingerprint density at radius 2 is 1.93 bits per heavy atom. The first kappa shape index (κ1) is 19.6. The van der Waals surface area contributed by atoms with Gasteiger partial charge in [0.05, 0.1) is 0 Å². The van der Waals surface area contributed by atoms with Gasteiger partial charge in [0.2, 0.25) is 0 Å². The van der Waals surface area contributed by atoms with Crippen LogP contribution in [0.3, 0.4) is 0 Å². The molecule has 0 radical (unpaired) electrons. The molecule has 3 aromatic heterocycles. The molecule has 3 rings (SSSR count). The highest BCUT2D eigenvalue weighted by Gasteiger charge is 2.38. The van der Waals surface area contributed by atoms with Gasteiger partial charge in [0, 0.05) is 18.9 Å². The highest BCUT2D eigenvalue weighted by atomic mass is 19.4. The number of aromatic nitrogens is 4. The first-order valence-corrected chi connectivity index (χ1v) is 7.19. The Hall–Kier alpha value is -3.70. The molecule has 0 aromatic carbocycles. The Bertz CT molecular complexity index is 958. The lowest BCUT2D eigenvalue weighted by atomic mass is 10.2. The van der Waals surface area contributed by atoms with Gasteiger partial charge in [-0.1, -0.05) is 0 Å². The molecule has 3 heterocycles. The molecule has 0 fully saturated rings. The molecular weight excluding hydrogens is 371 g/mol. The Kier molecular flexibility index (Phi) is 5.90. The number of pyridine rings is 2. The van der Waals surface area contributed by atoms with Gasteiger partial charge in [-0.05, 0) is 29.8 Å². The first-order valence-electron chi connectivity index (χ1n) is 7.19. The third-order valence-corrected chi connectivity index (χ3v) is 3.11. The fourth-order valence-corrected chi connectivity index (χ4v) is 1.87. The van der Waals surface area contributed by atoms with E-state index in [1.165, 1.54) is 6.07 Å². The van der Waals surface area contributed by atoms with E-state index in [9.17, 15) is 18.0 Å². The maximum atomic E-state index is 11.1. The molecule has 0 unspecified atom stereocenters. The number of hydrogen-bond acceptors (Lipinski definition) is 6. The van der Waals surface area contributed by atoms with Crippen molar-refractivity contribution in [3.8, 4) is 0 Å². The number of halogens is 3. The highest BCUT2D eigenvalue weighted by molar-refractivity contribution is 5.92. The van der Waals surface area contributed by atoms with Crippen LogP contribution in [-0.4, -0.2) is 47.9 Å². The molecule has 0 aliphatic carbocycles. The highest BCUT2D eigenvalue weighted by Crippen LogP contribution is 2.14. The van der Waals surface area contributed by atoms with Crippen molar-refractivity contribution in [2.24, 2.45) is 0 Å². The van der Waals surface area contributed by atoms with Gasteiger partial charge >= 0.3 is 18.1 Å². The van der Waals surface area contributed by atoms with Crippen LogP contribution >= 0.6 is 0 Å². The molecule has 9 nitrogen and oxygen atoms in total. The second-order valence-corrected chi connectivity index (χ2v) is 4.99. The summed E-state index contributed by atoms with van der Waals surface area (Å²) in [6.07, 6.45) is -0.0623. The summed E-state index contributed by atoms with van der Waals surface area (Å²) in [5, 5.41) is 27.0. The van der Waals surface area contributed by atoms with Gasteiger partial charge in [0.1, 0.15) is 17.7 Å². The van der Waals surface area contributed by atoms with Gasteiger partial charge in [-0.3, -0.25) is 4.40 Å². The van der Waals surface area contributed by atoms with Crippen LogP contribution < -0.4 is 5.32 Å². The number of carboxylic acid groups (broad SMARTS) is 2. The van der Waals surface area contributed by atoms with E-state index < -0.39 is 18.1 Å². The number of carboxylic acids is 2. The molecule has 0 spiro atoms. The van der Waals surface area contributed by atoms with Crippen molar-refractivity contribution in [1.82, 2.24) is 19.6 Å². The van der Waals surface area contributed by atoms with Crippen LogP contribution in [-0.2, 0) is 11.3 Å². The van der Waals surface area contributed by atoms with E-state index in [0.717, 1.165) is 11.2 Å². The van der Waals surface area contributed by atoms with Crippen molar-refractivity contribution in [3.63, 3.8) is 0 Å². The molecule has 3 N–H and O–H groups in total. The molecule has 0 aliphatic heterocycles. The van der Waals surface area contributed by atoms with Crippen LogP contribution in [0, 0.1) is 0 Å². The number of aromatic carboxylic acids is 1. The zero-order chi connectivity index (χ0) is 20.0. The van der Waals surface area contributed by atoms with Crippen LogP contribution in [0.1, 0.15) is 15.9 Å². The third kappa shape index (κ3) is 5.39. The minimum Gasteiger partial charge on any atom is -0.478 e. The van der Waals surface area contributed by atoms with Gasteiger partial charge < -0.3 is 15.5 Å². The Labute approximate surface area is 149 Å². The van der Waals surface area contributed by atoms with Crippen molar-refractivity contribution in [2.45, 2.75) is 12.7 Å². The van der Waals surface area contributed by atoms with Gasteiger partial charge in [0.15, 0.2) is 5.65 Å². The van der Waals surface area contributed by atoms with Crippen molar-refractivity contribution in [2.75, 3.05) is 5.32 Å². The summed E-state index contributed by atoms with van der Waals surface area (Å²) in [5.41, 5.74) is 1.85. The minimum absolute atomic E-state index is 0.149. The van der Waals surface area contributed by atoms with E-state index in [1.807, 2.05) is 18.3 Å². The number of rotatable bonds is 4. The fraction of sp³-hybridized carbons (Fsp3) is 0.133. The molecule has 27 heavy (non-hydrogen) atoms. The monoisotopic (exact) mass is 383 g/mol. The van der Waals surface area contributed by atoms with Gasteiger partial charge in [0.25, 0.3) is 0 Å². The summed E-state index contributed by atoms with van der Waals surface area (Å²) in [5.74, 6) is -3.41. The predicted molar refractivity (Wildman–Crippen MR) is 85.2 cm³/mol. The molecule has 0 saturated heterocycles. The number of carbonyl (C=O) groups is 2. The van der Waals surface area contributed by atoms with Crippen LogP contribution in [0.4, 0.5) is 19.0 Å². The van der Waals surface area contributed by atoms with E-state index in [4.69, 9.17) is 15.0 Å². The topological polar surface area (TPSA) is 130 Å². The normalized spacial score (nSPS) is 10.8. The number of anilines is 1. The average Bonchev–Trinajstić information content (AvgIpc) is 3.07. The lowest BCUT2D eigenvalue weighted by molar-refractivity contribution is -0.192. The first-order chi connectivity index (χ1) is 12.7. The molecule has 0 aliphatic rings. The summed E-state index contributed by atoms with van der Waals surface area (Å²) in [6, 6.07) is 6.90. The predicted octanol–water partition coefficient (Wildman–Crippen LogP) is 2.07. The van der Waals surface area contributed by atoms with E-state index in [-0.39, 0.29) is 5.56 Å². The molecular formula is C15H12F3N5O4. The maximum absolute atomic E-state index is 11.1. The standard InChI is InChI=1S/C13H11N5O2.C2HF3O2/c19-13(20)10-2-1-4-14-12(10)15-7-9-3-5-18-8-16-17-11(18)6-9;3-2(4,5)1(6)7/h1-6,8H,7H2,(H,14,15)(H,19,20);(H,6,7). The molecule has 0 saturated carbocycles. The summed E-state index contributed by atoms with van der Waals surface area (Å²) in [6.45, 7) is 0.459. The minimum atomic E-state index is -5.08. The SMILES string of the molecule is O=C(O)C(F)(F)F.O=C(O)c1cccnc1NCc1ccn2cnnc2c1. The lowest BCUT2D eigenvalue weighted by Crippen LogP contribution is -2.21. The molecule has 0 atom stereocenters.